The lowest BCUT2D eigenvalue weighted by Gasteiger charge is -2.41. The van der Waals surface area contributed by atoms with Crippen LogP contribution in [0.2, 0.25) is 36.3 Å². The molecule has 0 aromatic rings. The third-order valence-corrected chi connectivity index (χ3v) is 20.3. The summed E-state index contributed by atoms with van der Waals surface area (Å²) in [6.45, 7) is 32.5. The van der Waals surface area contributed by atoms with Gasteiger partial charge < -0.3 is 57.0 Å². The van der Waals surface area contributed by atoms with E-state index in [9.17, 15) is 29.4 Å². The quantitative estimate of drug-likeness (QED) is 0.0434. The summed E-state index contributed by atoms with van der Waals surface area (Å²) in [6.07, 6.45) is -0.595. The second kappa shape index (κ2) is 26.4. The highest BCUT2D eigenvalue weighted by atomic mass is 28.4. The van der Waals surface area contributed by atoms with Crippen LogP contribution in [0, 0.1) is 0 Å². The summed E-state index contributed by atoms with van der Waals surface area (Å²) in [5, 5.41) is 21.1. The van der Waals surface area contributed by atoms with Crippen molar-refractivity contribution in [3.63, 3.8) is 0 Å². The fourth-order valence-electron chi connectivity index (χ4n) is 5.17. The van der Waals surface area contributed by atoms with E-state index < -0.39 is 82.6 Å². The molecule has 1 aliphatic rings. The number of aliphatic hydroxyl groups is 2. The average Bonchev–Trinajstić information content (AvgIpc) is 3.51. The second-order valence-electron chi connectivity index (χ2n) is 18.9. The van der Waals surface area contributed by atoms with E-state index >= 15 is 0 Å². The van der Waals surface area contributed by atoms with Crippen molar-refractivity contribution >= 4 is 40.5 Å². The van der Waals surface area contributed by atoms with E-state index in [1.807, 2.05) is 33.9 Å². The summed E-state index contributed by atoms with van der Waals surface area (Å²) in [5.41, 5.74) is -0.304. The first-order valence-corrected chi connectivity index (χ1v) is 26.9. The van der Waals surface area contributed by atoms with Crippen LogP contribution >= 0.6 is 0 Å². The number of hydrogen-bond acceptors (Lipinski definition) is 16. The number of carbonyl (C=O) groups excluding carboxylic acids is 4. The van der Waals surface area contributed by atoms with Crippen molar-refractivity contribution in [2.24, 2.45) is 0 Å². The molecule has 0 bridgehead atoms. The summed E-state index contributed by atoms with van der Waals surface area (Å²) in [6, 6.07) is 0. The number of rotatable bonds is 19. The van der Waals surface area contributed by atoms with Gasteiger partial charge in [0.15, 0.2) is 28.2 Å². The van der Waals surface area contributed by atoms with Gasteiger partial charge >= 0.3 is 23.9 Å². The maximum Gasteiger partial charge on any atom is 0.336 e. The molecule has 1 saturated heterocycles. The van der Waals surface area contributed by atoms with E-state index in [4.69, 9.17) is 37.3 Å². The summed E-state index contributed by atoms with van der Waals surface area (Å²) in [5.74, 6) is -4.41. The zero-order valence-electron chi connectivity index (χ0n) is 42.1. The van der Waals surface area contributed by atoms with Crippen molar-refractivity contribution in [3.8, 4) is 0 Å². The molecule has 0 unspecified atom stereocenters. The molecule has 0 aromatic heterocycles. The molecule has 0 aliphatic carbocycles. The van der Waals surface area contributed by atoms with Gasteiger partial charge in [0.2, 0.25) is 0 Å². The highest BCUT2D eigenvalue weighted by Crippen LogP contribution is 2.42. The molecular formula is C44H84O16Si2. The molecule has 2 N–H and O–H groups in total. The highest BCUT2D eigenvalue weighted by Gasteiger charge is 2.51. The Morgan fingerprint density at radius 3 is 1.47 bits per heavy atom. The van der Waals surface area contributed by atoms with Crippen molar-refractivity contribution in [2.75, 3.05) is 42.7 Å². The number of hydrogen-bond donors (Lipinski definition) is 2. The SMILES string of the molecule is CCC[C@H](O[Si](C)(C)C(C)(C)C)[C@@H]1OC(C)(C)O[C@H]1/C(=C/C(=O)OC)C(=O)OC.CCC[C@H](O[Si](C)(C)C(C)(C)C)[C@H](O)[C@@H](O)/C(=C/C(=O)OC)C(=O)OC.COC(C)(C)OC. The number of ether oxygens (including phenoxy) is 8. The van der Waals surface area contributed by atoms with Gasteiger partial charge in [-0.3, -0.25) is 0 Å². The first kappa shape index (κ1) is 61.6. The van der Waals surface area contributed by atoms with E-state index in [0.29, 0.717) is 6.42 Å². The number of carbonyl (C=O) groups is 4. The lowest BCUT2D eigenvalue weighted by atomic mass is 9.97. The maximum absolute atomic E-state index is 12.5. The van der Waals surface area contributed by atoms with Crippen LogP contribution in [0.3, 0.4) is 0 Å². The van der Waals surface area contributed by atoms with Crippen LogP contribution in [0.15, 0.2) is 23.3 Å². The van der Waals surface area contributed by atoms with Crippen LogP contribution in [0.4, 0.5) is 0 Å². The van der Waals surface area contributed by atoms with Crippen molar-refractivity contribution in [1.82, 2.24) is 0 Å². The molecule has 0 amide bonds. The zero-order valence-corrected chi connectivity index (χ0v) is 44.1. The van der Waals surface area contributed by atoms with E-state index in [-0.39, 0.29) is 27.3 Å². The van der Waals surface area contributed by atoms with Gasteiger partial charge in [-0.15, -0.1) is 0 Å². The predicted molar refractivity (Wildman–Crippen MR) is 242 cm³/mol. The number of esters is 4. The molecule has 1 rings (SSSR count). The Hall–Kier alpha value is -2.53. The molecule has 1 heterocycles. The largest absolute Gasteiger partial charge is 0.466 e. The minimum Gasteiger partial charge on any atom is -0.466 e. The van der Waals surface area contributed by atoms with Crippen LogP contribution in [-0.2, 0) is 65.9 Å². The van der Waals surface area contributed by atoms with Crippen molar-refractivity contribution < 1.29 is 76.1 Å². The van der Waals surface area contributed by atoms with E-state index in [0.717, 1.165) is 45.6 Å². The van der Waals surface area contributed by atoms with Gasteiger partial charge in [0.1, 0.15) is 24.4 Å². The summed E-state index contributed by atoms with van der Waals surface area (Å²) < 4.78 is 53.6. The van der Waals surface area contributed by atoms with E-state index in [2.05, 4.69) is 71.0 Å². The molecular weight excluding hydrogens is 841 g/mol. The Labute approximate surface area is 374 Å². The predicted octanol–water partition coefficient (Wildman–Crippen LogP) is 7.16. The third-order valence-electron chi connectivity index (χ3n) is 11.3. The van der Waals surface area contributed by atoms with Gasteiger partial charge in [-0.05, 0) is 76.8 Å². The average molecular weight is 925 g/mol. The van der Waals surface area contributed by atoms with E-state index in [1.165, 1.54) is 14.2 Å². The Morgan fingerprint density at radius 2 is 1.10 bits per heavy atom. The lowest BCUT2D eigenvalue weighted by Crippen LogP contribution is -2.50. The molecule has 0 aromatic carbocycles. The molecule has 364 valence electrons. The number of methoxy groups -OCH3 is 6. The van der Waals surface area contributed by atoms with Crippen LogP contribution in [-0.4, -0.2) is 142 Å². The van der Waals surface area contributed by atoms with E-state index in [1.54, 1.807) is 28.1 Å². The zero-order chi connectivity index (χ0) is 49.2. The fourth-order valence-corrected chi connectivity index (χ4v) is 7.90. The van der Waals surface area contributed by atoms with Crippen LogP contribution in [0.1, 0.15) is 109 Å². The summed E-state index contributed by atoms with van der Waals surface area (Å²) >= 11 is 0. The monoisotopic (exact) mass is 925 g/mol. The van der Waals surface area contributed by atoms with Gasteiger partial charge in [-0.2, -0.15) is 0 Å². The molecule has 0 spiro atoms. The Balaban J connectivity index is 0. The number of aliphatic hydroxyl groups excluding tert-OH is 2. The first-order chi connectivity index (χ1) is 28.1. The van der Waals surface area contributed by atoms with Crippen LogP contribution in [0.5, 0.6) is 0 Å². The first-order valence-electron chi connectivity index (χ1n) is 21.1. The van der Waals surface area contributed by atoms with Gasteiger partial charge in [0.25, 0.3) is 0 Å². The molecule has 16 nitrogen and oxygen atoms in total. The topological polar surface area (TPSA) is 201 Å². The minimum atomic E-state index is -2.22. The third kappa shape index (κ3) is 20.1. The second-order valence-corrected chi connectivity index (χ2v) is 28.4. The van der Waals surface area contributed by atoms with Gasteiger partial charge in [-0.1, -0.05) is 68.2 Å². The van der Waals surface area contributed by atoms with Gasteiger partial charge in [0.05, 0.1) is 51.8 Å². The molecule has 0 radical (unpaired) electrons. The molecule has 1 fully saturated rings. The molecule has 62 heavy (non-hydrogen) atoms. The standard InChI is InChI=1S/C21H38O7Si.C18H34O7Si.C5H12O2/c1-11-12-15(28-29(9,10)20(2,3)4)18-17(26-21(5,6)27-18)14(19(23)25-8)13-16(22)24-7;1-9-10-13(25-26(7,8)18(2,3)4)16(21)15(20)12(17(22)24-6)11-14(19)23-5;1-5(2,6-3)7-4/h13,15,17-18H,11-12H2,1-10H3;11,13,15-16,20-21H,9-10H2,1-8H3;1-4H3/b14-13-;12-11-;/t15-,17-,18-;13-,15-,16-;/m00./s1. The normalized spacial score (nSPS) is 19.4. The Kier molecular flexibility index (Phi) is 26.3. The smallest absolute Gasteiger partial charge is 0.336 e. The molecule has 0 saturated carbocycles. The van der Waals surface area contributed by atoms with Crippen molar-refractivity contribution in [3.05, 3.63) is 23.3 Å². The Morgan fingerprint density at radius 1 is 0.661 bits per heavy atom. The molecule has 6 atom stereocenters. The van der Waals surface area contributed by atoms with Crippen molar-refractivity contribution in [2.45, 2.75) is 193 Å². The highest BCUT2D eigenvalue weighted by molar-refractivity contribution is 6.74. The Bertz CT molecular complexity index is 1450. The van der Waals surface area contributed by atoms with Gasteiger partial charge in [0, 0.05) is 26.4 Å². The summed E-state index contributed by atoms with van der Waals surface area (Å²) in [7, 11) is 3.68. The maximum atomic E-state index is 12.5. The fraction of sp³-hybridized carbons (Fsp3) is 0.818. The van der Waals surface area contributed by atoms with Crippen LogP contribution < -0.4 is 0 Å². The van der Waals surface area contributed by atoms with Crippen molar-refractivity contribution in [1.29, 1.82) is 0 Å². The molecule has 18 heteroatoms. The summed E-state index contributed by atoms with van der Waals surface area (Å²) in [4.78, 5) is 47.8. The van der Waals surface area contributed by atoms with Gasteiger partial charge in [-0.25, -0.2) is 19.2 Å². The van der Waals surface area contributed by atoms with Crippen LogP contribution in [0.25, 0.3) is 0 Å². The minimum absolute atomic E-state index is 0.0104. The lowest BCUT2D eigenvalue weighted by molar-refractivity contribution is -0.178. The molecule has 1 aliphatic heterocycles.